The van der Waals surface area contributed by atoms with Crippen LogP contribution < -0.4 is 20.1 Å². The van der Waals surface area contributed by atoms with Crippen molar-refractivity contribution in [3.05, 3.63) is 66.2 Å². The Morgan fingerprint density at radius 3 is 2.49 bits per heavy atom. The molecule has 1 aromatic heterocycles. The number of carbonyl (C=O) groups is 4. The van der Waals surface area contributed by atoms with Crippen LogP contribution in [0.2, 0.25) is 0 Å². The van der Waals surface area contributed by atoms with E-state index in [1.54, 1.807) is 7.11 Å². The van der Waals surface area contributed by atoms with Crippen LogP contribution in [0.4, 0.5) is 4.79 Å². The second-order valence-electron chi connectivity index (χ2n) is 15.2. The molecule has 4 aliphatic rings. The number of aryl methyl sites for hydroxylation is 2. The molecule has 1 aliphatic heterocycles. The largest absolute Gasteiger partial charge is 0.497 e. The van der Waals surface area contributed by atoms with Gasteiger partial charge in [-0.2, -0.15) is 0 Å². The topological polar surface area (TPSA) is 156 Å². The molecule has 0 unspecified atom stereocenters. The molecule has 12 heteroatoms. The number of benzene rings is 2. The van der Waals surface area contributed by atoms with Crippen LogP contribution in [-0.2, 0) is 32.0 Å². The zero-order valence-electron chi connectivity index (χ0n) is 30.6. The molecule has 2 heterocycles. The zero-order valence-corrected chi connectivity index (χ0v) is 30.6. The molecule has 3 N–H and O–H groups in total. The molecule has 0 spiro atoms. The van der Waals surface area contributed by atoms with Crippen molar-refractivity contribution in [2.24, 2.45) is 11.8 Å². The molecule has 0 bridgehead atoms. The lowest BCUT2D eigenvalue weighted by Crippen LogP contribution is -2.57. The van der Waals surface area contributed by atoms with E-state index in [1.807, 2.05) is 38.1 Å². The maximum absolute atomic E-state index is 14.4. The number of methoxy groups -OCH3 is 1. The zero-order chi connectivity index (χ0) is 37.4. The standard InChI is InChI=1S/C41H48N4O8/c1-5-27-21-41(27,39(48)49)44-37(46)34-19-30(22-45(34)38(47)36(23(2)3)43-40(50)53-28-11-6-7-12-28)52-35-20-32(26-14-13-24-9-8-10-25(24)17-26)42-33-18-29(51-4)15-16-31(33)35/h5,13-18,20,23,27-28,30,34,36H,1,6-12,19,21-22H2,2-4H3,(H,43,50)(H,44,46)(H,48,49)/t27-,30-,34+,36+,41-/m1/s1. The summed E-state index contributed by atoms with van der Waals surface area (Å²) in [5, 5.41) is 16.3. The van der Waals surface area contributed by atoms with Crippen LogP contribution in [0, 0.1) is 11.8 Å². The highest BCUT2D eigenvalue weighted by Gasteiger charge is 2.61. The van der Waals surface area contributed by atoms with Crippen LogP contribution in [0.15, 0.2) is 55.1 Å². The van der Waals surface area contributed by atoms with Crippen LogP contribution in [0.25, 0.3) is 22.2 Å². The Balaban J connectivity index is 1.19. The lowest BCUT2D eigenvalue weighted by atomic mass is 10.0. The number of hydrogen-bond donors (Lipinski definition) is 3. The normalized spacial score (nSPS) is 24.1. The molecule has 7 rings (SSSR count). The number of rotatable bonds is 12. The van der Waals surface area contributed by atoms with Gasteiger partial charge in [-0.1, -0.05) is 32.1 Å². The van der Waals surface area contributed by atoms with Crippen molar-refractivity contribution in [3.8, 4) is 22.8 Å². The van der Waals surface area contributed by atoms with Crippen molar-refractivity contribution in [2.75, 3.05) is 13.7 Å². The molecule has 3 aliphatic carbocycles. The summed E-state index contributed by atoms with van der Waals surface area (Å²) in [6.45, 7) is 7.38. The van der Waals surface area contributed by atoms with Crippen LogP contribution in [0.5, 0.6) is 11.5 Å². The first-order chi connectivity index (χ1) is 25.5. The number of nitrogens with one attached hydrogen (secondary N) is 2. The minimum atomic E-state index is -1.49. The first-order valence-corrected chi connectivity index (χ1v) is 18.7. The summed E-state index contributed by atoms with van der Waals surface area (Å²) in [7, 11) is 1.60. The summed E-state index contributed by atoms with van der Waals surface area (Å²) >= 11 is 0. The number of carboxylic acid groups (broad SMARTS) is 1. The number of aliphatic carboxylic acids is 1. The monoisotopic (exact) mass is 724 g/mol. The van der Waals surface area contributed by atoms with Crippen LogP contribution in [0.1, 0.15) is 69.9 Å². The third-order valence-electron chi connectivity index (χ3n) is 11.3. The lowest BCUT2D eigenvalue weighted by Gasteiger charge is -2.31. The Hall–Kier alpha value is -5.13. The Kier molecular flexibility index (Phi) is 10.1. The number of ether oxygens (including phenoxy) is 3. The van der Waals surface area contributed by atoms with Crippen molar-refractivity contribution >= 4 is 34.8 Å². The van der Waals surface area contributed by atoms with E-state index < -0.39 is 53.5 Å². The molecule has 3 fully saturated rings. The molecular weight excluding hydrogens is 676 g/mol. The van der Waals surface area contributed by atoms with E-state index in [-0.39, 0.29) is 31.4 Å². The molecule has 280 valence electrons. The average Bonchev–Trinajstić information content (AvgIpc) is 3.56. The number of aromatic nitrogens is 1. The highest BCUT2D eigenvalue weighted by atomic mass is 16.6. The summed E-state index contributed by atoms with van der Waals surface area (Å²) in [6, 6.07) is 11.8. The number of hydrogen-bond acceptors (Lipinski definition) is 8. The Labute approximate surface area is 309 Å². The van der Waals surface area contributed by atoms with Crippen molar-refractivity contribution < 1.29 is 38.5 Å². The smallest absolute Gasteiger partial charge is 0.408 e. The molecule has 2 saturated carbocycles. The Morgan fingerprint density at radius 1 is 1.02 bits per heavy atom. The fourth-order valence-electron chi connectivity index (χ4n) is 8.16. The van der Waals surface area contributed by atoms with E-state index >= 15 is 0 Å². The average molecular weight is 725 g/mol. The molecule has 12 nitrogen and oxygen atoms in total. The molecule has 5 atom stereocenters. The first kappa shape index (κ1) is 36.2. The van der Waals surface area contributed by atoms with E-state index in [2.05, 4.69) is 35.4 Å². The minimum Gasteiger partial charge on any atom is -0.497 e. The van der Waals surface area contributed by atoms with Crippen LogP contribution in [0.3, 0.4) is 0 Å². The molecule has 2 aromatic carbocycles. The number of carboxylic acids is 1. The van der Waals surface area contributed by atoms with E-state index in [1.165, 1.54) is 22.1 Å². The van der Waals surface area contributed by atoms with Gasteiger partial charge in [0.2, 0.25) is 11.8 Å². The summed E-state index contributed by atoms with van der Waals surface area (Å²) in [4.78, 5) is 60.1. The van der Waals surface area contributed by atoms with Gasteiger partial charge >= 0.3 is 12.1 Å². The highest BCUT2D eigenvalue weighted by molar-refractivity contribution is 5.96. The van der Waals surface area contributed by atoms with Gasteiger partial charge in [0.25, 0.3) is 0 Å². The number of amides is 3. The van der Waals surface area contributed by atoms with E-state index in [4.69, 9.17) is 19.2 Å². The number of nitrogens with zero attached hydrogens (tertiary/aromatic N) is 2. The summed E-state index contributed by atoms with van der Waals surface area (Å²) in [5.41, 5.74) is 3.51. The second kappa shape index (κ2) is 14.7. The van der Waals surface area contributed by atoms with Crippen molar-refractivity contribution in [2.45, 2.75) is 101 Å². The van der Waals surface area contributed by atoms with Gasteiger partial charge < -0.3 is 34.9 Å². The molecular formula is C41H48N4O8. The van der Waals surface area contributed by atoms with Gasteiger partial charge in [-0.15, -0.1) is 6.58 Å². The number of pyridine rings is 1. The maximum atomic E-state index is 14.4. The summed E-state index contributed by atoms with van der Waals surface area (Å²) in [6.07, 6.45) is 7.04. The van der Waals surface area contributed by atoms with Gasteiger partial charge in [0.15, 0.2) is 0 Å². The quantitative estimate of drug-likeness (QED) is 0.203. The van der Waals surface area contributed by atoms with Gasteiger partial charge in [0.1, 0.15) is 41.3 Å². The van der Waals surface area contributed by atoms with E-state index in [0.717, 1.165) is 55.9 Å². The summed E-state index contributed by atoms with van der Waals surface area (Å²) in [5.74, 6) is -1.84. The fourth-order valence-corrected chi connectivity index (χ4v) is 8.16. The molecule has 1 saturated heterocycles. The lowest BCUT2D eigenvalue weighted by molar-refractivity contribution is -0.145. The Bertz CT molecular complexity index is 1940. The first-order valence-electron chi connectivity index (χ1n) is 18.7. The maximum Gasteiger partial charge on any atom is 0.408 e. The van der Waals surface area contributed by atoms with Gasteiger partial charge in [0, 0.05) is 35.4 Å². The number of carbonyl (C=O) groups excluding carboxylic acids is 3. The molecule has 53 heavy (non-hydrogen) atoms. The van der Waals surface area contributed by atoms with Crippen molar-refractivity contribution in [1.82, 2.24) is 20.5 Å². The van der Waals surface area contributed by atoms with Crippen LogP contribution >= 0.6 is 0 Å². The van der Waals surface area contributed by atoms with E-state index in [0.29, 0.717) is 22.7 Å². The van der Waals surface area contributed by atoms with Crippen molar-refractivity contribution in [1.29, 1.82) is 0 Å². The van der Waals surface area contributed by atoms with Crippen LogP contribution in [-0.4, -0.2) is 82.4 Å². The second-order valence-corrected chi connectivity index (χ2v) is 15.2. The predicted octanol–water partition coefficient (Wildman–Crippen LogP) is 5.59. The highest BCUT2D eigenvalue weighted by Crippen LogP contribution is 2.45. The fraction of sp³-hybridized carbons (Fsp3) is 0.488. The number of likely N-dealkylation sites (tertiary alicyclic amines) is 1. The third kappa shape index (κ3) is 7.28. The molecule has 0 radical (unpaired) electrons. The van der Waals surface area contributed by atoms with Gasteiger partial charge in [-0.25, -0.2) is 14.6 Å². The minimum absolute atomic E-state index is 0.0264. The molecule has 3 aromatic rings. The van der Waals surface area contributed by atoms with Crippen molar-refractivity contribution in [3.63, 3.8) is 0 Å². The van der Waals surface area contributed by atoms with Gasteiger partial charge in [-0.3, -0.25) is 9.59 Å². The Morgan fingerprint density at radius 2 is 1.79 bits per heavy atom. The number of alkyl carbamates (subject to hydrolysis) is 1. The molecule has 3 amide bonds. The summed E-state index contributed by atoms with van der Waals surface area (Å²) < 4.78 is 17.9. The van der Waals surface area contributed by atoms with Gasteiger partial charge in [-0.05, 0) is 86.6 Å². The SMILES string of the molecule is C=C[C@@H]1C[C@]1(NC(=O)[C@@H]1C[C@@H](Oc2cc(-c3ccc4c(c3)CCC4)nc3cc(OC)ccc23)CN1C(=O)[C@@H](NC(=O)OC1CCCC1)C(C)C)C(=O)O. The van der Waals surface area contributed by atoms with Gasteiger partial charge in [0.05, 0.1) is 24.9 Å². The number of fused-ring (bicyclic) bond motifs is 2. The third-order valence-corrected chi connectivity index (χ3v) is 11.3. The van der Waals surface area contributed by atoms with E-state index in [9.17, 15) is 24.3 Å². The predicted molar refractivity (Wildman–Crippen MR) is 198 cm³/mol.